The maximum Gasteiger partial charge on any atom is 0.255 e. The summed E-state index contributed by atoms with van der Waals surface area (Å²) in [4.78, 5) is 12.6. The van der Waals surface area contributed by atoms with Gasteiger partial charge >= 0.3 is 0 Å². The molecule has 0 bridgehead atoms. The SMILES string of the molecule is Cc1nn(-c2ccc(F)cc2)c(C)c1C(=O)N[C@@H](C)c1ccco1. The minimum absolute atomic E-state index is 0.220. The number of nitrogens with zero attached hydrogens (tertiary/aromatic N) is 2. The number of rotatable bonds is 4. The summed E-state index contributed by atoms with van der Waals surface area (Å²) in [5.74, 6) is 0.150. The third kappa shape index (κ3) is 2.95. The van der Waals surface area contributed by atoms with Gasteiger partial charge in [0.2, 0.25) is 0 Å². The second kappa shape index (κ2) is 6.31. The van der Waals surface area contributed by atoms with E-state index in [4.69, 9.17) is 4.42 Å². The van der Waals surface area contributed by atoms with Crippen LogP contribution in [-0.4, -0.2) is 15.7 Å². The van der Waals surface area contributed by atoms with Crippen LogP contribution in [-0.2, 0) is 0 Å². The van der Waals surface area contributed by atoms with Crippen LogP contribution >= 0.6 is 0 Å². The van der Waals surface area contributed by atoms with Crippen LogP contribution in [0.1, 0.15) is 40.5 Å². The van der Waals surface area contributed by atoms with Crippen molar-refractivity contribution < 1.29 is 13.6 Å². The molecule has 0 saturated carbocycles. The standard InChI is InChI=1S/C18H18FN3O2/c1-11(16-5-4-10-24-16)20-18(23)17-12(2)21-22(13(17)3)15-8-6-14(19)7-9-15/h4-11H,1-3H3,(H,20,23)/t11-/m0/s1. The topological polar surface area (TPSA) is 60.1 Å². The van der Waals surface area contributed by atoms with Crippen LogP contribution < -0.4 is 5.32 Å². The van der Waals surface area contributed by atoms with E-state index in [1.165, 1.54) is 12.1 Å². The summed E-state index contributed by atoms with van der Waals surface area (Å²) in [6.07, 6.45) is 1.57. The lowest BCUT2D eigenvalue weighted by Crippen LogP contribution is -2.27. The molecule has 0 unspecified atom stereocenters. The molecule has 3 rings (SSSR count). The van der Waals surface area contributed by atoms with Crippen LogP contribution in [0.15, 0.2) is 47.1 Å². The van der Waals surface area contributed by atoms with Crippen LogP contribution in [0.2, 0.25) is 0 Å². The van der Waals surface area contributed by atoms with Crippen molar-refractivity contribution in [2.45, 2.75) is 26.8 Å². The number of aryl methyl sites for hydroxylation is 1. The van der Waals surface area contributed by atoms with Crippen molar-refractivity contribution in [2.75, 3.05) is 0 Å². The van der Waals surface area contributed by atoms with Gasteiger partial charge in [-0.1, -0.05) is 0 Å². The fourth-order valence-corrected chi connectivity index (χ4v) is 2.68. The normalized spacial score (nSPS) is 12.2. The Kier molecular flexibility index (Phi) is 4.20. The number of hydrogen-bond acceptors (Lipinski definition) is 3. The van der Waals surface area contributed by atoms with Gasteiger partial charge in [0, 0.05) is 0 Å². The maximum absolute atomic E-state index is 13.1. The molecule has 5 nitrogen and oxygen atoms in total. The van der Waals surface area contributed by atoms with E-state index in [1.54, 1.807) is 36.1 Å². The number of amides is 1. The minimum atomic E-state index is -0.314. The van der Waals surface area contributed by atoms with E-state index < -0.39 is 0 Å². The maximum atomic E-state index is 13.1. The van der Waals surface area contributed by atoms with Crippen molar-refractivity contribution in [3.8, 4) is 5.69 Å². The van der Waals surface area contributed by atoms with Crippen molar-refractivity contribution in [2.24, 2.45) is 0 Å². The monoisotopic (exact) mass is 327 g/mol. The molecule has 0 aliphatic rings. The Morgan fingerprint density at radius 2 is 1.96 bits per heavy atom. The highest BCUT2D eigenvalue weighted by Gasteiger charge is 2.21. The first-order chi connectivity index (χ1) is 11.5. The molecular weight excluding hydrogens is 309 g/mol. The van der Waals surface area contributed by atoms with Gasteiger partial charge in [-0.2, -0.15) is 5.10 Å². The predicted molar refractivity (Wildman–Crippen MR) is 87.6 cm³/mol. The molecule has 2 aromatic heterocycles. The molecule has 0 aliphatic heterocycles. The van der Waals surface area contributed by atoms with Crippen molar-refractivity contribution in [1.29, 1.82) is 0 Å². The summed E-state index contributed by atoms with van der Waals surface area (Å²) in [5, 5.41) is 7.32. The fraction of sp³-hybridized carbons (Fsp3) is 0.222. The lowest BCUT2D eigenvalue weighted by molar-refractivity contribution is 0.0934. The third-order valence-corrected chi connectivity index (χ3v) is 3.91. The molecule has 3 aromatic rings. The van der Waals surface area contributed by atoms with Crippen LogP contribution in [0.25, 0.3) is 5.69 Å². The first-order valence-electron chi connectivity index (χ1n) is 7.64. The summed E-state index contributed by atoms with van der Waals surface area (Å²) >= 11 is 0. The van der Waals surface area contributed by atoms with Gasteiger partial charge in [-0.05, 0) is 57.2 Å². The molecule has 124 valence electrons. The van der Waals surface area contributed by atoms with Gasteiger partial charge in [0.15, 0.2) is 0 Å². The van der Waals surface area contributed by atoms with Crippen LogP contribution in [0.3, 0.4) is 0 Å². The average molecular weight is 327 g/mol. The minimum Gasteiger partial charge on any atom is -0.467 e. The van der Waals surface area contributed by atoms with E-state index >= 15 is 0 Å². The quantitative estimate of drug-likeness (QED) is 0.794. The van der Waals surface area contributed by atoms with Crippen molar-refractivity contribution >= 4 is 5.91 Å². The fourth-order valence-electron chi connectivity index (χ4n) is 2.68. The number of furan rings is 1. The van der Waals surface area contributed by atoms with E-state index in [-0.39, 0.29) is 17.8 Å². The Bertz CT molecular complexity index is 851. The highest BCUT2D eigenvalue weighted by molar-refractivity contribution is 5.96. The van der Waals surface area contributed by atoms with E-state index in [1.807, 2.05) is 19.9 Å². The molecule has 1 aromatic carbocycles. The molecule has 0 saturated heterocycles. The number of halogens is 1. The molecule has 1 N–H and O–H groups in total. The molecule has 0 spiro atoms. The van der Waals surface area contributed by atoms with E-state index in [0.717, 1.165) is 0 Å². The van der Waals surface area contributed by atoms with Crippen molar-refractivity contribution in [1.82, 2.24) is 15.1 Å². The van der Waals surface area contributed by atoms with Gasteiger partial charge in [0.25, 0.3) is 5.91 Å². The zero-order chi connectivity index (χ0) is 17.3. The second-order valence-electron chi connectivity index (χ2n) is 5.64. The Morgan fingerprint density at radius 1 is 1.25 bits per heavy atom. The molecule has 6 heteroatoms. The number of hydrogen-bond donors (Lipinski definition) is 1. The van der Waals surface area contributed by atoms with Crippen molar-refractivity contribution in [3.63, 3.8) is 0 Å². The molecule has 2 heterocycles. The number of nitrogens with one attached hydrogen (secondary N) is 1. The highest BCUT2D eigenvalue weighted by Crippen LogP contribution is 2.20. The second-order valence-corrected chi connectivity index (χ2v) is 5.64. The Balaban J connectivity index is 1.88. The smallest absolute Gasteiger partial charge is 0.255 e. The van der Waals surface area contributed by atoms with E-state index in [0.29, 0.717) is 28.4 Å². The molecule has 1 atom stereocenters. The first kappa shape index (κ1) is 16.0. The first-order valence-corrected chi connectivity index (χ1v) is 7.64. The van der Waals surface area contributed by atoms with Gasteiger partial charge in [-0.25, -0.2) is 9.07 Å². The summed E-state index contributed by atoms with van der Waals surface area (Å²) in [5.41, 5.74) is 2.53. The largest absolute Gasteiger partial charge is 0.467 e. The molecule has 0 aliphatic carbocycles. The van der Waals surface area contributed by atoms with Crippen molar-refractivity contribution in [3.05, 3.63) is 71.2 Å². The highest BCUT2D eigenvalue weighted by atomic mass is 19.1. The molecule has 0 radical (unpaired) electrons. The molecule has 0 fully saturated rings. The van der Waals surface area contributed by atoms with Gasteiger partial charge in [-0.3, -0.25) is 4.79 Å². The predicted octanol–water partition coefficient (Wildman–Crippen LogP) is 3.71. The van der Waals surface area contributed by atoms with E-state index in [9.17, 15) is 9.18 Å². The number of benzene rings is 1. The van der Waals surface area contributed by atoms with E-state index in [2.05, 4.69) is 10.4 Å². The van der Waals surface area contributed by atoms with Gasteiger partial charge < -0.3 is 9.73 Å². The summed E-state index contributed by atoms with van der Waals surface area (Å²) in [6.45, 7) is 5.45. The summed E-state index contributed by atoms with van der Waals surface area (Å²) < 4.78 is 20.0. The number of aromatic nitrogens is 2. The molecule has 24 heavy (non-hydrogen) atoms. The van der Waals surface area contributed by atoms with Gasteiger partial charge in [0.05, 0.1) is 34.9 Å². The lowest BCUT2D eigenvalue weighted by atomic mass is 10.1. The van der Waals surface area contributed by atoms with Crippen LogP contribution in [0.4, 0.5) is 4.39 Å². The Hall–Kier alpha value is -2.89. The molecular formula is C18H18FN3O2. The lowest BCUT2D eigenvalue weighted by Gasteiger charge is -2.12. The molecule has 1 amide bonds. The number of carbonyl (C=O) groups excluding carboxylic acids is 1. The van der Waals surface area contributed by atoms with Gasteiger partial charge in [0.1, 0.15) is 11.6 Å². The summed E-state index contributed by atoms with van der Waals surface area (Å²) in [6, 6.07) is 9.33. The van der Waals surface area contributed by atoms with Crippen LogP contribution in [0.5, 0.6) is 0 Å². The third-order valence-electron chi connectivity index (χ3n) is 3.91. The Morgan fingerprint density at radius 3 is 2.58 bits per heavy atom. The Labute approximate surface area is 139 Å². The number of carbonyl (C=O) groups is 1. The summed E-state index contributed by atoms with van der Waals surface area (Å²) in [7, 11) is 0. The average Bonchev–Trinajstić information content (AvgIpc) is 3.16. The van der Waals surface area contributed by atoms with Gasteiger partial charge in [-0.15, -0.1) is 0 Å². The zero-order valence-corrected chi connectivity index (χ0v) is 13.7. The van der Waals surface area contributed by atoms with Crippen LogP contribution in [0, 0.1) is 19.7 Å². The zero-order valence-electron chi connectivity index (χ0n) is 13.7.